The van der Waals surface area contributed by atoms with Crippen LogP contribution in [0, 0.1) is 20.8 Å². The number of carbonyl (C=O) groups excluding carboxylic acids is 1. The van der Waals surface area contributed by atoms with Crippen LogP contribution in [0.1, 0.15) is 34.4 Å². The minimum Gasteiger partial charge on any atom is -0.461 e. The number of carbonyl (C=O) groups is 1. The van der Waals surface area contributed by atoms with E-state index in [0.29, 0.717) is 22.3 Å². The number of aryl methyl sites for hydroxylation is 3. The van der Waals surface area contributed by atoms with Crippen LogP contribution in [0.5, 0.6) is 0 Å². The van der Waals surface area contributed by atoms with E-state index in [1.165, 1.54) is 0 Å². The van der Waals surface area contributed by atoms with E-state index in [9.17, 15) is 22.8 Å². The Kier molecular flexibility index (Phi) is 5.74. The van der Waals surface area contributed by atoms with Crippen molar-refractivity contribution in [1.82, 2.24) is 0 Å². The smallest absolute Gasteiger partial charge is 0.416 e. The Morgan fingerprint density at radius 2 is 1.67 bits per heavy atom. The van der Waals surface area contributed by atoms with Gasteiger partial charge in [0.15, 0.2) is 0 Å². The number of anilines is 1. The van der Waals surface area contributed by atoms with Crippen LogP contribution in [0.3, 0.4) is 0 Å². The van der Waals surface area contributed by atoms with Gasteiger partial charge in [0.1, 0.15) is 16.9 Å². The maximum Gasteiger partial charge on any atom is 0.416 e. The minimum absolute atomic E-state index is 0.0208. The highest BCUT2D eigenvalue weighted by Crippen LogP contribution is 2.34. The number of nitrogens with one attached hydrogen (secondary N) is 1. The molecule has 4 rings (SSSR count). The summed E-state index contributed by atoms with van der Waals surface area (Å²) in [6, 6.07) is 6.24. The van der Waals surface area contributed by atoms with Gasteiger partial charge in [0.25, 0.3) is 0 Å². The van der Waals surface area contributed by atoms with Crippen molar-refractivity contribution in [3.8, 4) is 0 Å². The van der Waals surface area contributed by atoms with Crippen molar-refractivity contribution in [2.75, 3.05) is 5.32 Å². The predicted octanol–water partition coefficient (Wildman–Crippen LogP) is 6.71. The molecule has 9 heteroatoms. The molecule has 2 aromatic heterocycles. The SMILES string of the molecule is Cc1oc2cc3oc(=O)c(CCC(=O)Nc4cc(C(F)(F)F)ccc4Cl)c(C)c3cc2c1C. The normalized spacial score (nSPS) is 12.0. The number of hydrogen-bond acceptors (Lipinski definition) is 4. The molecular formula is C24H19ClF3NO4. The molecule has 0 spiro atoms. The summed E-state index contributed by atoms with van der Waals surface area (Å²) in [5, 5.41) is 3.99. The number of halogens is 4. The van der Waals surface area contributed by atoms with E-state index in [1.807, 2.05) is 19.9 Å². The Bertz CT molecular complexity index is 1470. The van der Waals surface area contributed by atoms with Gasteiger partial charge in [0.2, 0.25) is 5.91 Å². The molecule has 33 heavy (non-hydrogen) atoms. The number of benzene rings is 2. The lowest BCUT2D eigenvalue weighted by molar-refractivity contribution is -0.137. The lowest BCUT2D eigenvalue weighted by Gasteiger charge is -2.12. The van der Waals surface area contributed by atoms with Gasteiger partial charge in [-0.2, -0.15) is 13.2 Å². The van der Waals surface area contributed by atoms with Gasteiger partial charge >= 0.3 is 11.8 Å². The molecule has 172 valence electrons. The first-order chi connectivity index (χ1) is 15.5. The lowest BCUT2D eigenvalue weighted by atomic mass is 10.0. The monoisotopic (exact) mass is 477 g/mol. The average Bonchev–Trinajstić information content (AvgIpc) is 3.00. The molecule has 0 aliphatic heterocycles. The Labute approximate surface area is 191 Å². The van der Waals surface area contributed by atoms with Crippen molar-refractivity contribution in [2.24, 2.45) is 0 Å². The third-order valence-corrected chi connectivity index (χ3v) is 6.08. The van der Waals surface area contributed by atoms with Crippen molar-refractivity contribution >= 4 is 45.1 Å². The molecule has 1 N–H and O–H groups in total. The van der Waals surface area contributed by atoms with Gasteiger partial charge < -0.3 is 14.2 Å². The van der Waals surface area contributed by atoms with Crippen LogP contribution in [-0.4, -0.2) is 5.91 Å². The summed E-state index contributed by atoms with van der Waals surface area (Å²) in [5.74, 6) is 0.192. The van der Waals surface area contributed by atoms with E-state index in [2.05, 4.69) is 5.32 Å². The van der Waals surface area contributed by atoms with Crippen molar-refractivity contribution in [2.45, 2.75) is 39.8 Å². The van der Waals surface area contributed by atoms with Crippen LogP contribution < -0.4 is 10.9 Å². The summed E-state index contributed by atoms with van der Waals surface area (Å²) in [6.07, 6.45) is -4.66. The maximum atomic E-state index is 12.9. The zero-order valence-corrected chi connectivity index (χ0v) is 18.7. The van der Waals surface area contributed by atoms with Crippen LogP contribution in [0.4, 0.5) is 18.9 Å². The number of fused-ring (bicyclic) bond motifs is 2. The van der Waals surface area contributed by atoms with Gasteiger partial charge in [-0.05, 0) is 62.6 Å². The maximum absolute atomic E-state index is 12.9. The van der Waals surface area contributed by atoms with Crippen molar-refractivity contribution in [3.63, 3.8) is 0 Å². The number of amides is 1. The van der Waals surface area contributed by atoms with Crippen LogP contribution >= 0.6 is 11.6 Å². The summed E-state index contributed by atoms with van der Waals surface area (Å²) in [6.45, 7) is 5.56. The first-order valence-electron chi connectivity index (χ1n) is 10.1. The molecule has 0 saturated carbocycles. The van der Waals surface area contributed by atoms with Gasteiger partial charge in [-0.15, -0.1) is 0 Å². The average molecular weight is 478 g/mol. The molecule has 0 aliphatic carbocycles. The lowest BCUT2D eigenvalue weighted by Crippen LogP contribution is -2.17. The Balaban J connectivity index is 1.59. The molecule has 4 aromatic rings. The largest absolute Gasteiger partial charge is 0.461 e. The topological polar surface area (TPSA) is 72.5 Å². The Morgan fingerprint density at radius 3 is 2.36 bits per heavy atom. The van der Waals surface area contributed by atoms with Gasteiger partial charge in [0, 0.05) is 28.8 Å². The molecule has 0 atom stereocenters. The number of furan rings is 1. The molecule has 0 radical (unpaired) electrons. The number of rotatable bonds is 4. The van der Waals surface area contributed by atoms with E-state index in [4.69, 9.17) is 20.4 Å². The molecule has 2 heterocycles. The summed E-state index contributed by atoms with van der Waals surface area (Å²) >= 11 is 5.93. The summed E-state index contributed by atoms with van der Waals surface area (Å²) in [5.41, 5.74) is 1.32. The van der Waals surface area contributed by atoms with E-state index in [0.717, 1.165) is 40.3 Å². The zero-order valence-electron chi connectivity index (χ0n) is 17.9. The highest BCUT2D eigenvalue weighted by atomic mass is 35.5. The first-order valence-corrected chi connectivity index (χ1v) is 10.5. The van der Waals surface area contributed by atoms with Crippen LogP contribution in [-0.2, 0) is 17.4 Å². The molecule has 0 bridgehead atoms. The fourth-order valence-corrected chi connectivity index (χ4v) is 3.93. The number of alkyl halides is 3. The van der Waals surface area contributed by atoms with E-state index in [-0.39, 0.29) is 23.6 Å². The molecule has 0 fully saturated rings. The molecule has 0 saturated heterocycles. The molecular weight excluding hydrogens is 459 g/mol. The Morgan fingerprint density at radius 1 is 1.00 bits per heavy atom. The summed E-state index contributed by atoms with van der Waals surface area (Å²) in [4.78, 5) is 25.0. The second-order valence-electron chi connectivity index (χ2n) is 7.86. The highest BCUT2D eigenvalue weighted by Gasteiger charge is 2.31. The van der Waals surface area contributed by atoms with Gasteiger partial charge in [-0.1, -0.05) is 11.6 Å². The van der Waals surface area contributed by atoms with Crippen LogP contribution in [0.2, 0.25) is 5.02 Å². The molecule has 0 aliphatic rings. The van der Waals surface area contributed by atoms with Crippen LogP contribution in [0.25, 0.3) is 21.9 Å². The fraction of sp³-hybridized carbons (Fsp3) is 0.250. The summed E-state index contributed by atoms with van der Waals surface area (Å²) in [7, 11) is 0. The predicted molar refractivity (Wildman–Crippen MR) is 120 cm³/mol. The van der Waals surface area contributed by atoms with Gasteiger partial charge in [-0.3, -0.25) is 4.79 Å². The van der Waals surface area contributed by atoms with Crippen molar-refractivity contribution < 1.29 is 26.8 Å². The van der Waals surface area contributed by atoms with Gasteiger partial charge in [-0.25, -0.2) is 4.79 Å². The van der Waals surface area contributed by atoms with Crippen molar-refractivity contribution in [3.05, 3.63) is 73.8 Å². The third kappa shape index (κ3) is 4.35. The summed E-state index contributed by atoms with van der Waals surface area (Å²) < 4.78 is 50.0. The van der Waals surface area contributed by atoms with E-state index >= 15 is 0 Å². The first kappa shape index (κ1) is 22.9. The van der Waals surface area contributed by atoms with E-state index in [1.54, 1.807) is 13.0 Å². The second kappa shape index (κ2) is 8.26. The number of hydrogen-bond donors (Lipinski definition) is 1. The highest BCUT2D eigenvalue weighted by molar-refractivity contribution is 6.33. The molecule has 1 amide bonds. The second-order valence-corrected chi connectivity index (χ2v) is 8.27. The third-order valence-electron chi connectivity index (χ3n) is 5.75. The molecule has 2 aromatic carbocycles. The van der Waals surface area contributed by atoms with Crippen LogP contribution in [0.15, 0.2) is 44.0 Å². The van der Waals surface area contributed by atoms with E-state index < -0.39 is 23.3 Å². The standard InChI is InChI=1S/C24H19ClF3NO4/c1-11-13(3)32-20-10-21-17(9-16(11)20)12(2)15(23(31)33-21)5-7-22(30)29-19-8-14(24(26,27)28)4-6-18(19)25/h4,6,8-10H,5,7H2,1-3H3,(H,29,30). The minimum atomic E-state index is -4.57. The van der Waals surface area contributed by atoms with Gasteiger partial charge in [0.05, 0.1) is 16.3 Å². The molecule has 5 nitrogen and oxygen atoms in total. The zero-order chi connectivity index (χ0) is 24.1. The Hall–Kier alpha value is -3.26. The quantitative estimate of drug-likeness (QED) is 0.332. The fourth-order valence-electron chi connectivity index (χ4n) is 3.76. The molecule has 0 unspecified atom stereocenters. The van der Waals surface area contributed by atoms with Crippen molar-refractivity contribution in [1.29, 1.82) is 0 Å².